The highest BCUT2D eigenvalue weighted by Crippen LogP contribution is 2.36. The lowest BCUT2D eigenvalue weighted by atomic mass is 10.1. The van der Waals surface area contributed by atoms with Crippen LogP contribution < -0.4 is 4.74 Å². The number of rotatable bonds is 8. The molecule has 7 heteroatoms. The summed E-state index contributed by atoms with van der Waals surface area (Å²) in [6, 6.07) is 4.91. The molecule has 0 atom stereocenters. The van der Waals surface area contributed by atoms with E-state index in [9.17, 15) is 13.2 Å². The van der Waals surface area contributed by atoms with Gasteiger partial charge in [-0.3, -0.25) is 0 Å². The first kappa shape index (κ1) is 17.3. The number of halogens is 3. The fraction of sp³-hybridized carbons (Fsp3) is 0.500. The maximum absolute atomic E-state index is 12.9. The third kappa shape index (κ3) is 6.02. The van der Waals surface area contributed by atoms with Gasteiger partial charge in [0.1, 0.15) is 5.75 Å². The van der Waals surface area contributed by atoms with Gasteiger partial charge in [0.2, 0.25) is 0 Å². The first-order valence-corrected chi connectivity index (χ1v) is 6.30. The van der Waals surface area contributed by atoms with Crippen molar-refractivity contribution >= 4 is 0 Å². The lowest BCUT2D eigenvalue weighted by Gasteiger charge is -2.14. The first-order valence-electron chi connectivity index (χ1n) is 6.30. The van der Waals surface area contributed by atoms with Crippen LogP contribution in [0.5, 0.6) is 5.75 Å². The summed E-state index contributed by atoms with van der Waals surface area (Å²) in [7, 11) is 1.55. The Morgan fingerprint density at radius 3 is 2.52 bits per heavy atom. The Morgan fingerprint density at radius 2 is 1.90 bits per heavy atom. The standard InChI is InChI=1S/C14H16F3NO3/c1-19-7-8-20-5-2-6-21-13-4-3-11(10-18)9-12(13)14(15,16)17/h3-4,9H,2,5-8H2,1H3. The van der Waals surface area contributed by atoms with Crippen LogP contribution in [0.3, 0.4) is 0 Å². The van der Waals surface area contributed by atoms with Gasteiger partial charge in [0.15, 0.2) is 0 Å². The minimum atomic E-state index is -4.56. The Kier molecular flexibility index (Phi) is 6.99. The first-order chi connectivity index (χ1) is 9.99. The highest BCUT2D eigenvalue weighted by molar-refractivity contribution is 5.43. The maximum atomic E-state index is 12.9. The molecule has 1 aromatic rings. The van der Waals surface area contributed by atoms with Crippen molar-refractivity contribution in [3.63, 3.8) is 0 Å². The molecule has 0 aliphatic rings. The summed E-state index contributed by atoms with van der Waals surface area (Å²) >= 11 is 0. The lowest BCUT2D eigenvalue weighted by molar-refractivity contribution is -0.139. The van der Waals surface area contributed by atoms with E-state index in [0.717, 1.165) is 12.1 Å². The summed E-state index contributed by atoms with van der Waals surface area (Å²) in [5.41, 5.74) is -1.00. The molecule has 0 amide bonds. The molecule has 4 nitrogen and oxygen atoms in total. The van der Waals surface area contributed by atoms with Crippen molar-refractivity contribution in [1.82, 2.24) is 0 Å². The van der Waals surface area contributed by atoms with Crippen LogP contribution in [-0.2, 0) is 15.7 Å². The second-order valence-corrected chi connectivity index (χ2v) is 4.13. The molecule has 116 valence electrons. The van der Waals surface area contributed by atoms with Crippen molar-refractivity contribution in [3.8, 4) is 11.8 Å². The largest absolute Gasteiger partial charge is 0.493 e. The molecule has 0 aliphatic heterocycles. The Bertz CT molecular complexity index is 483. The topological polar surface area (TPSA) is 51.5 Å². The van der Waals surface area contributed by atoms with Crippen molar-refractivity contribution in [3.05, 3.63) is 29.3 Å². The van der Waals surface area contributed by atoms with E-state index in [4.69, 9.17) is 19.5 Å². The van der Waals surface area contributed by atoms with E-state index in [1.807, 2.05) is 0 Å². The third-order valence-corrected chi connectivity index (χ3v) is 2.54. The van der Waals surface area contributed by atoms with Crippen LogP contribution in [-0.4, -0.2) is 33.5 Å². The van der Waals surface area contributed by atoms with Gasteiger partial charge in [-0.15, -0.1) is 0 Å². The van der Waals surface area contributed by atoms with Gasteiger partial charge in [-0.25, -0.2) is 0 Å². The van der Waals surface area contributed by atoms with Gasteiger partial charge >= 0.3 is 6.18 Å². The molecular formula is C14H16F3NO3. The third-order valence-electron chi connectivity index (χ3n) is 2.54. The van der Waals surface area contributed by atoms with E-state index in [-0.39, 0.29) is 17.9 Å². The molecule has 0 aromatic heterocycles. The molecule has 0 fully saturated rings. The van der Waals surface area contributed by atoms with E-state index < -0.39 is 11.7 Å². The van der Waals surface area contributed by atoms with Gasteiger partial charge in [-0.05, 0) is 18.2 Å². The van der Waals surface area contributed by atoms with Crippen molar-refractivity contribution < 1.29 is 27.4 Å². The molecule has 21 heavy (non-hydrogen) atoms. The molecule has 0 heterocycles. The van der Waals surface area contributed by atoms with Crippen LogP contribution in [0, 0.1) is 11.3 Å². The highest BCUT2D eigenvalue weighted by Gasteiger charge is 2.34. The molecular weight excluding hydrogens is 287 g/mol. The number of methoxy groups -OCH3 is 1. The van der Waals surface area contributed by atoms with Crippen LogP contribution in [0.25, 0.3) is 0 Å². The zero-order valence-electron chi connectivity index (χ0n) is 11.6. The van der Waals surface area contributed by atoms with Crippen LogP contribution in [0.15, 0.2) is 18.2 Å². The summed E-state index contributed by atoms with van der Waals surface area (Å²) in [6.45, 7) is 1.37. The van der Waals surface area contributed by atoms with Crippen LogP contribution >= 0.6 is 0 Å². The Labute approximate surface area is 121 Å². The predicted octanol–water partition coefficient (Wildman–Crippen LogP) is 3.01. The summed E-state index contributed by atoms with van der Waals surface area (Å²) < 4.78 is 53.6. The Morgan fingerprint density at radius 1 is 1.14 bits per heavy atom. The molecule has 0 spiro atoms. The molecule has 0 radical (unpaired) electrons. The smallest absolute Gasteiger partial charge is 0.420 e. The van der Waals surface area contributed by atoms with Crippen LogP contribution in [0.1, 0.15) is 17.5 Å². The van der Waals surface area contributed by atoms with Crippen molar-refractivity contribution in [2.45, 2.75) is 12.6 Å². The number of nitrogens with zero attached hydrogens (tertiary/aromatic N) is 1. The number of hydrogen-bond acceptors (Lipinski definition) is 4. The molecule has 0 N–H and O–H groups in total. The molecule has 1 aromatic carbocycles. The van der Waals surface area contributed by atoms with Gasteiger partial charge in [0.05, 0.1) is 37.0 Å². The quantitative estimate of drug-likeness (QED) is 0.693. The van der Waals surface area contributed by atoms with Crippen molar-refractivity contribution in [1.29, 1.82) is 5.26 Å². The Hall–Kier alpha value is -1.78. The van der Waals surface area contributed by atoms with E-state index in [1.165, 1.54) is 6.07 Å². The number of benzene rings is 1. The molecule has 0 unspecified atom stereocenters. The van der Waals surface area contributed by atoms with E-state index in [0.29, 0.717) is 26.2 Å². The van der Waals surface area contributed by atoms with E-state index in [1.54, 1.807) is 13.2 Å². The number of alkyl halides is 3. The maximum Gasteiger partial charge on any atom is 0.420 e. The monoisotopic (exact) mass is 303 g/mol. The minimum absolute atomic E-state index is 0.0578. The molecule has 0 saturated carbocycles. The van der Waals surface area contributed by atoms with E-state index >= 15 is 0 Å². The second kappa shape index (κ2) is 8.49. The van der Waals surface area contributed by atoms with Crippen molar-refractivity contribution in [2.24, 2.45) is 0 Å². The highest BCUT2D eigenvalue weighted by atomic mass is 19.4. The molecule has 0 aliphatic carbocycles. The fourth-order valence-corrected chi connectivity index (χ4v) is 1.53. The normalized spacial score (nSPS) is 11.2. The van der Waals surface area contributed by atoms with Gasteiger partial charge in [-0.2, -0.15) is 18.4 Å². The van der Waals surface area contributed by atoms with E-state index in [2.05, 4.69) is 0 Å². The van der Waals surface area contributed by atoms with Crippen molar-refractivity contribution in [2.75, 3.05) is 33.5 Å². The molecule has 1 rings (SSSR count). The number of nitriles is 1. The molecule has 0 saturated heterocycles. The minimum Gasteiger partial charge on any atom is -0.493 e. The van der Waals surface area contributed by atoms with Gasteiger partial charge in [0, 0.05) is 20.1 Å². The predicted molar refractivity (Wildman–Crippen MR) is 69.0 cm³/mol. The molecule has 0 bridgehead atoms. The summed E-state index contributed by atoms with van der Waals surface area (Å²) in [5, 5.41) is 8.65. The van der Waals surface area contributed by atoms with Gasteiger partial charge < -0.3 is 14.2 Å². The fourth-order valence-electron chi connectivity index (χ4n) is 1.53. The van der Waals surface area contributed by atoms with Gasteiger partial charge in [0.25, 0.3) is 0 Å². The lowest BCUT2D eigenvalue weighted by Crippen LogP contribution is -2.11. The summed E-state index contributed by atoms with van der Waals surface area (Å²) in [4.78, 5) is 0. The second-order valence-electron chi connectivity index (χ2n) is 4.13. The summed E-state index contributed by atoms with van der Waals surface area (Å²) in [6.07, 6.45) is -4.10. The average molecular weight is 303 g/mol. The SMILES string of the molecule is COCCOCCCOc1ccc(C#N)cc1C(F)(F)F. The average Bonchev–Trinajstić information content (AvgIpc) is 2.45. The van der Waals surface area contributed by atoms with Crippen LogP contribution in [0.2, 0.25) is 0 Å². The zero-order chi connectivity index (χ0) is 15.7. The zero-order valence-corrected chi connectivity index (χ0v) is 11.6. The number of hydrogen-bond donors (Lipinski definition) is 0. The Balaban J connectivity index is 2.53. The van der Waals surface area contributed by atoms with Gasteiger partial charge in [-0.1, -0.05) is 0 Å². The number of ether oxygens (including phenoxy) is 3. The van der Waals surface area contributed by atoms with Crippen LogP contribution in [0.4, 0.5) is 13.2 Å². The summed E-state index contributed by atoms with van der Waals surface area (Å²) in [5.74, 6) is -0.279.